The van der Waals surface area contributed by atoms with Crippen molar-refractivity contribution >= 4 is 0 Å². The van der Waals surface area contributed by atoms with Gasteiger partial charge in [0.2, 0.25) is 0 Å². The SMILES string of the molecule is CC(C)C1CCCC(NCc2ccncn2)C1. The van der Waals surface area contributed by atoms with Crippen molar-refractivity contribution in [2.75, 3.05) is 0 Å². The lowest BCUT2D eigenvalue weighted by Gasteiger charge is -2.32. The van der Waals surface area contributed by atoms with Gasteiger partial charge in [0.25, 0.3) is 0 Å². The summed E-state index contributed by atoms with van der Waals surface area (Å²) in [6, 6.07) is 2.65. The van der Waals surface area contributed by atoms with Gasteiger partial charge in [-0.25, -0.2) is 9.97 Å². The zero-order valence-corrected chi connectivity index (χ0v) is 10.9. The second kappa shape index (κ2) is 6.10. The van der Waals surface area contributed by atoms with Crippen LogP contribution in [-0.4, -0.2) is 16.0 Å². The molecule has 0 aromatic carbocycles. The molecule has 0 aliphatic heterocycles. The summed E-state index contributed by atoms with van der Waals surface area (Å²) < 4.78 is 0. The lowest BCUT2D eigenvalue weighted by atomic mass is 9.79. The molecule has 0 bridgehead atoms. The van der Waals surface area contributed by atoms with Crippen LogP contribution in [0.15, 0.2) is 18.6 Å². The van der Waals surface area contributed by atoms with E-state index < -0.39 is 0 Å². The van der Waals surface area contributed by atoms with Crippen molar-refractivity contribution in [1.82, 2.24) is 15.3 Å². The molecule has 2 rings (SSSR count). The van der Waals surface area contributed by atoms with Crippen molar-refractivity contribution in [2.24, 2.45) is 11.8 Å². The highest BCUT2D eigenvalue weighted by molar-refractivity contribution is 4.97. The van der Waals surface area contributed by atoms with E-state index in [9.17, 15) is 0 Å². The molecular weight excluding hydrogens is 210 g/mol. The third-order valence-corrected chi connectivity index (χ3v) is 3.87. The van der Waals surface area contributed by atoms with Gasteiger partial charge in [0.1, 0.15) is 6.33 Å². The molecule has 2 unspecified atom stereocenters. The van der Waals surface area contributed by atoms with E-state index in [0.717, 1.165) is 24.1 Å². The van der Waals surface area contributed by atoms with E-state index in [-0.39, 0.29) is 0 Å². The van der Waals surface area contributed by atoms with Gasteiger partial charge in [-0.15, -0.1) is 0 Å². The van der Waals surface area contributed by atoms with Crippen LogP contribution in [0.25, 0.3) is 0 Å². The molecular formula is C14H23N3. The van der Waals surface area contributed by atoms with Crippen molar-refractivity contribution in [2.45, 2.75) is 52.1 Å². The summed E-state index contributed by atoms with van der Waals surface area (Å²) in [4.78, 5) is 8.18. The molecule has 1 aromatic rings. The Labute approximate surface area is 104 Å². The maximum Gasteiger partial charge on any atom is 0.115 e. The monoisotopic (exact) mass is 233 g/mol. The molecule has 1 saturated carbocycles. The van der Waals surface area contributed by atoms with Gasteiger partial charge in [-0.2, -0.15) is 0 Å². The number of rotatable bonds is 4. The first kappa shape index (κ1) is 12.5. The Morgan fingerprint density at radius 1 is 1.41 bits per heavy atom. The number of hydrogen-bond acceptors (Lipinski definition) is 3. The first-order chi connectivity index (χ1) is 8.25. The highest BCUT2D eigenvalue weighted by Gasteiger charge is 2.23. The van der Waals surface area contributed by atoms with Crippen LogP contribution in [0.5, 0.6) is 0 Å². The van der Waals surface area contributed by atoms with Gasteiger partial charge in [0.05, 0.1) is 5.69 Å². The van der Waals surface area contributed by atoms with Crippen LogP contribution in [0.4, 0.5) is 0 Å². The Bertz CT molecular complexity index is 323. The summed E-state index contributed by atoms with van der Waals surface area (Å²) in [7, 11) is 0. The van der Waals surface area contributed by atoms with E-state index in [2.05, 4.69) is 29.1 Å². The van der Waals surface area contributed by atoms with E-state index in [1.54, 1.807) is 6.33 Å². The van der Waals surface area contributed by atoms with E-state index in [1.165, 1.54) is 25.7 Å². The van der Waals surface area contributed by atoms with Gasteiger partial charge >= 0.3 is 0 Å². The second-order valence-electron chi connectivity index (χ2n) is 5.45. The molecule has 1 fully saturated rings. The minimum atomic E-state index is 0.672. The Morgan fingerprint density at radius 3 is 3.00 bits per heavy atom. The van der Waals surface area contributed by atoms with E-state index in [0.29, 0.717) is 6.04 Å². The molecule has 0 saturated heterocycles. The average molecular weight is 233 g/mol. The lowest BCUT2D eigenvalue weighted by Crippen LogP contribution is -2.35. The molecule has 0 radical (unpaired) electrons. The molecule has 1 heterocycles. The van der Waals surface area contributed by atoms with Gasteiger partial charge in [-0.3, -0.25) is 0 Å². The summed E-state index contributed by atoms with van der Waals surface area (Å²) in [6.45, 7) is 5.56. The van der Waals surface area contributed by atoms with Gasteiger partial charge < -0.3 is 5.32 Å². The van der Waals surface area contributed by atoms with Crippen molar-refractivity contribution < 1.29 is 0 Å². The molecule has 1 aliphatic carbocycles. The molecule has 1 aliphatic rings. The van der Waals surface area contributed by atoms with E-state index in [4.69, 9.17) is 0 Å². The van der Waals surface area contributed by atoms with Crippen LogP contribution in [0.2, 0.25) is 0 Å². The molecule has 1 aromatic heterocycles. The molecule has 3 heteroatoms. The summed E-state index contributed by atoms with van der Waals surface area (Å²) in [6.07, 6.45) is 8.83. The van der Waals surface area contributed by atoms with Crippen LogP contribution < -0.4 is 5.32 Å². The standard InChI is InChI=1S/C14H23N3/c1-11(2)12-4-3-5-13(8-12)16-9-14-6-7-15-10-17-14/h6-7,10-13,16H,3-5,8-9H2,1-2H3. The Morgan fingerprint density at radius 2 is 2.29 bits per heavy atom. The van der Waals surface area contributed by atoms with Crippen LogP contribution in [0, 0.1) is 11.8 Å². The van der Waals surface area contributed by atoms with Crippen molar-refractivity contribution in [3.05, 3.63) is 24.3 Å². The maximum absolute atomic E-state index is 4.24. The van der Waals surface area contributed by atoms with Crippen LogP contribution in [0.1, 0.15) is 45.2 Å². The fraction of sp³-hybridized carbons (Fsp3) is 0.714. The van der Waals surface area contributed by atoms with Crippen molar-refractivity contribution in [3.8, 4) is 0 Å². The first-order valence-electron chi connectivity index (χ1n) is 6.74. The number of aromatic nitrogens is 2. The minimum absolute atomic E-state index is 0.672. The molecule has 0 spiro atoms. The summed E-state index contributed by atoms with van der Waals surface area (Å²) in [5.41, 5.74) is 1.09. The first-order valence-corrected chi connectivity index (χ1v) is 6.74. The predicted octanol–water partition coefficient (Wildman–Crippen LogP) is 2.78. The zero-order chi connectivity index (χ0) is 12.1. The fourth-order valence-corrected chi connectivity index (χ4v) is 2.69. The van der Waals surface area contributed by atoms with Crippen molar-refractivity contribution in [1.29, 1.82) is 0 Å². The minimum Gasteiger partial charge on any atom is -0.308 e. The predicted molar refractivity (Wildman–Crippen MR) is 69.5 cm³/mol. The van der Waals surface area contributed by atoms with E-state index >= 15 is 0 Å². The molecule has 17 heavy (non-hydrogen) atoms. The van der Waals surface area contributed by atoms with E-state index in [1.807, 2.05) is 12.3 Å². The summed E-state index contributed by atoms with van der Waals surface area (Å²) in [5.74, 6) is 1.71. The van der Waals surface area contributed by atoms with Crippen molar-refractivity contribution in [3.63, 3.8) is 0 Å². The molecule has 1 N–H and O–H groups in total. The Hall–Kier alpha value is -0.960. The largest absolute Gasteiger partial charge is 0.308 e. The number of hydrogen-bond donors (Lipinski definition) is 1. The third-order valence-electron chi connectivity index (χ3n) is 3.87. The van der Waals surface area contributed by atoms with Crippen LogP contribution >= 0.6 is 0 Å². The van der Waals surface area contributed by atoms with Crippen LogP contribution in [0.3, 0.4) is 0 Å². The zero-order valence-electron chi connectivity index (χ0n) is 10.9. The highest BCUT2D eigenvalue weighted by atomic mass is 14.9. The summed E-state index contributed by atoms with van der Waals surface area (Å²) in [5, 5.41) is 3.63. The molecule has 3 nitrogen and oxygen atoms in total. The van der Waals surface area contributed by atoms with Gasteiger partial charge in [0.15, 0.2) is 0 Å². The smallest absolute Gasteiger partial charge is 0.115 e. The Kier molecular flexibility index (Phi) is 4.49. The van der Waals surface area contributed by atoms with Gasteiger partial charge in [-0.05, 0) is 30.7 Å². The van der Waals surface area contributed by atoms with Gasteiger partial charge in [0, 0.05) is 18.8 Å². The number of nitrogens with zero attached hydrogens (tertiary/aromatic N) is 2. The topological polar surface area (TPSA) is 37.8 Å². The Balaban J connectivity index is 1.79. The lowest BCUT2D eigenvalue weighted by molar-refractivity contribution is 0.230. The second-order valence-corrected chi connectivity index (χ2v) is 5.45. The maximum atomic E-state index is 4.24. The summed E-state index contributed by atoms with van der Waals surface area (Å²) >= 11 is 0. The molecule has 94 valence electrons. The van der Waals surface area contributed by atoms with Crippen LogP contribution in [-0.2, 0) is 6.54 Å². The van der Waals surface area contributed by atoms with Gasteiger partial charge in [-0.1, -0.05) is 26.7 Å². The third kappa shape index (κ3) is 3.77. The average Bonchev–Trinajstić information content (AvgIpc) is 2.38. The molecule has 2 atom stereocenters. The fourth-order valence-electron chi connectivity index (χ4n) is 2.69. The number of nitrogens with one attached hydrogen (secondary N) is 1. The highest BCUT2D eigenvalue weighted by Crippen LogP contribution is 2.29. The quantitative estimate of drug-likeness (QED) is 0.869. The normalized spacial score (nSPS) is 25.1. The molecule has 0 amide bonds.